The number of amides is 1. The molecule has 1 aliphatic heterocycles. The van der Waals surface area contributed by atoms with Gasteiger partial charge in [0.25, 0.3) is 5.91 Å². The average Bonchev–Trinajstić information content (AvgIpc) is 2.88. The normalized spacial score (nSPS) is 18.4. The first-order valence-electron chi connectivity index (χ1n) is 7.28. The molecule has 1 fully saturated rings. The van der Waals surface area contributed by atoms with Crippen LogP contribution < -0.4 is 5.32 Å². The number of ether oxygens (including phenoxy) is 1. The summed E-state index contributed by atoms with van der Waals surface area (Å²) in [4.78, 5) is 14.5. The number of hydrogen-bond donors (Lipinski definition) is 1. The van der Waals surface area contributed by atoms with Gasteiger partial charge in [-0.1, -0.05) is 0 Å². The topological polar surface area (TPSA) is 41.6 Å². The summed E-state index contributed by atoms with van der Waals surface area (Å²) < 4.78 is 5.18. The summed E-state index contributed by atoms with van der Waals surface area (Å²) in [5.41, 5.74) is 2.91. The molecule has 1 amide bonds. The number of rotatable bonds is 5. The van der Waals surface area contributed by atoms with E-state index in [9.17, 15) is 4.79 Å². The van der Waals surface area contributed by atoms with Gasteiger partial charge < -0.3 is 15.0 Å². The van der Waals surface area contributed by atoms with Crippen molar-refractivity contribution in [2.24, 2.45) is 5.92 Å². The van der Waals surface area contributed by atoms with Gasteiger partial charge in [-0.25, -0.2) is 0 Å². The molecule has 1 atom stereocenters. The number of carbonyl (C=O) groups excluding carboxylic acids is 1. The first kappa shape index (κ1) is 14.9. The SMILES string of the molecule is CCNc1ccc(C(=O)N2CCC(COC)C2)c(C)c1. The number of hydrogen-bond acceptors (Lipinski definition) is 3. The molecule has 1 aliphatic rings. The molecule has 1 N–H and O–H groups in total. The lowest BCUT2D eigenvalue weighted by molar-refractivity contribution is 0.0775. The van der Waals surface area contributed by atoms with Crippen molar-refractivity contribution in [2.45, 2.75) is 20.3 Å². The van der Waals surface area contributed by atoms with Gasteiger partial charge in [-0.05, 0) is 44.0 Å². The highest BCUT2D eigenvalue weighted by Crippen LogP contribution is 2.22. The molecule has 0 radical (unpaired) electrons. The maximum atomic E-state index is 12.6. The summed E-state index contributed by atoms with van der Waals surface area (Å²) >= 11 is 0. The third kappa shape index (κ3) is 3.31. The number of likely N-dealkylation sites (tertiary alicyclic amines) is 1. The molecule has 1 saturated heterocycles. The fraction of sp³-hybridized carbons (Fsp3) is 0.562. The molecule has 0 saturated carbocycles. The zero-order valence-electron chi connectivity index (χ0n) is 12.6. The smallest absolute Gasteiger partial charge is 0.254 e. The number of nitrogens with zero attached hydrogens (tertiary/aromatic N) is 1. The highest BCUT2D eigenvalue weighted by atomic mass is 16.5. The number of benzene rings is 1. The van der Waals surface area contributed by atoms with E-state index in [-0.39, 0.29) is 5.91 Å². The fourth-order valence-corrected chi connectivity index (χ4v) is 2.78. The van der Waals surface area contributed by atoms with Crippen molar-refractivity contribution in [1.29, 1.82) is 0 Å². The second-order valence-corrected chi connectivity index (χ2v) is 5.42. The fourth-order valence-electron chi connectivity index (χ4n) is 2.78. The van der Waals surface area contributed by atoms with Crippen LogP contribution in [0, 0.1) is 12.8 Å². The van der Waals surface area contributed by atoms with Crippen molar-refractivity contribution in [3.05, 3.63) is 29.3 Å². The molecule has 4 heteroatoms. The second kappa shape index (κ2) is 6.75. The lowest BCUT2D eigenvalue weighted by Crippen LogP contribution is -2.29. The van der Waals surface area contributed by atoms with E-state index in [1.54, 1.807) is 7.11 Å². The summed E-state index contributed by atoms with van der Waals surface area (Å²) in [5.74, 6) is 0.620. The lowest BCUT2D eigenvalue weighted by Gasteiger charge is -2.18. The Morgan fingerprint density at radius 3 is 2.95 bits per heavy atom. The standard InChI is InChI=1S/C16H24N2O2/c1-4-17-14-5-6-15(12(2)9-14)16(19)18-8-7-13(10-18)11-20-3/h5-6,9,13,17H,4,7-8,10-11H2,1-3H3. The molecule has 20 heavy (non-hydrogen) atoms. The predicted octanol–water partition coefficient (Wildman–Crippen LogP) is 2.54. The molecule has 2 rings (SSSR count). The van der Waals surface area contributed by atoms with E-state index < -0.39 is 0 Å². The summed E-state index contributed by atoms with van der Waals surface area (Å²) in [6.45, 7) is 7.33. The predicted molar refractivity (Wildman–Crippen MR) is 81.2 cm³/mol. The molecule has 0 spiro atoms. The summed E-state index contributed by atoms with van der Waals surface area (Å²) in [6.07, 6.45) is 1.04. The Kier molecular flexibility index (Phi) is 5.01. The highest BCUT2D eigenvalue weighted by molar-refractivity contribution is 5.96. The van der Waals surface area contributed by atoms with E-state index in [0.717, 1.165) is 49.5 Å². The van der Waals surface area contributed by atoms with Gasteiger partial charge in [-0.3, -0.25) is 4.79 Å². The van der Waals surface area contributed by atoms with E-state index in [4.69, 9.17) is 4.74 Å². The summed E-state index contributed by atoms with van der Waals surface area (Å²) in [5, 5.41) is 3.27. The van der Waals surface area contributed by atoms with Gasteiger partial charge in [-0.15, -0.1) is 0 Å². The minimum absolute atomic E-state index is 0.143. The van der Waals surface area contributed by atoms with E-state index in [1.165, 1.54) is 0 Å². The van der Waals surface area contributed by atoms with Crippen molar-refractivity contribution in [1.82, 2.24) is 4.90 Å². The number of anilines is 1. The van der Waals surface area contributed by atoms with Crippen molar-refractivity contribution < 1.29 is 9.53 Å². The van der Waals surface area contributed by atoms with Crippen LogP contribution in [0.25, 0.3) is 0 Å². The van der Waals surface area contributed by atoms with Crippen LogP contribution in [0.2, 0.25) is 0 Å². The minimum atomic E-state index is 0.143. The third-order valence-electron chi connectivity index (χ3n) is 3.81. The summed E-state index contributed by atoms with van der Waals surface area (Å²) in [6, 6.07) is 5.95. The van der Waals surface area contributed by atoms with Crippen LogP contribution in [-0.2, 0) is 4.74 Å². The van der Waals surface area contributed by atoms with Crippen molar-refractivity contribution >= 4 is 11.6 Å². The van der Waals surface area contributed by atoms with E-state index in [2.05, 4.69) is 12.2 Å². The Morgan fingerprint density at radius 1 is 1.50 bits per heavy atom. The van der Waals surface area contributed by atoms with Gasteiger partial charge in [0.1, 0.15) is 0 Å². The third-order valence-corrected chi connectivity index (χ3v) is 3.81. The Labute approximate surface area is 121 Å². The molecule has 0 aromatic heterocycles. The van der Waals surface area contributed by atoms with Gasteiger partial charge in [0.2, 0.25) is 0 Å². The molecule has 4 nitrogen and oxygen atoms in total. The Hall–Kier alpha value is -1.55. The molecular weight excluding hydrogens is 252 g/mol. The van der Waals surface area contributed by atoms with Crippen LogP contribution >= 0.6 is 0 Å². The Balaban J connectivity index is 2.06. The molecule has 110 valence electrons. The Bertz CT molecular complexity index is 474. The first-order valence-corrected chi connectivity index (χ1v) is 7.28. The van der Waals surface area contributed by atoms with Crippen LogP contribution in [-0.4, -0.2) is 44.2 Å². The average molecular weight is 276 g/mol. The number of aryl methyl sites for hydroxylation is 1. The maximum absolute atomic E-state index is 12.6. The molecule has 1 aromatic carbocycles. The van der Waals surface area contributed by atoms with E-state index in [1.807, 2.05) is 30.0 Å². The minimum Gasteiger partial charge on any atom is -0.385 e. The van der Waals surface area contributed by atoms with E-state index in [0.29, 0.717) is 5.92 Å². The Morgan fingerprint density at radius 2 is 2.30 bits per heavy atom. The van der Waals surface area contributed by atoms with Crippen LogP contribution in [0.3, 0.4) is 0 Å². The highest BCUT2D eigenvalue weighted by Gasteiger charge is 2.27. The zero-order chi connectivity index (χ0) is 14.5. The van der Waals surface area contributed by atoms with Crippen LogP contribution in [0.4, 0.5) is 5.69 Å². The van der Waals surface area contributed by atoms with E-state index >= 15 is 0 Å². The van der Waals surface area contributed by atoms with Crippen LogP contribution in [0.5, 0.6) is 0 Å². The van der Waals surface area contributed by atoms with Gasteiger partial charge >= 0.3 is 0 Å². The quantitative estimate of drug-likeness (QED) is 0.898. The molecule has 1 heterocycles. The van der Waals surface area contributed by atoms with Crippen LogP contribution in [0.15, 0.2) is 18.2 Å². The van der Waals surface area contributed by atoms with Crippen molar-refractivity contribution in [3.8, 4) is 0 Å². The van der Waals surface area contributed by atoms with Crippen molar-refractivity contribution in [2.75, 3.05) is 38.7 Å². The molecule has 0 bridgehead atoms. The second-order valence-electron chi connectivity index (χ2n) is 5.42. The first-order chi connectivity index (χ1) is 9.65. The lowest BCUT2D eigenvalue weighted by atomic mass is 10.1. The summed E-state index contributed by atoms with van der Waals surface area (Å²) in [7, 11) is 1.72. The number of methoxy groups -OCH3 is 1. The molecule has 1 unspecified atom stereocenters. The number of nitrogens with one attached hydrogen (secondary N) is 1. The van der Waals surface area contributed by atoms with Gasteiger partial charge in [0, 0.05) is 43.9 Å². The van der Waals surface area contributed by atoms with Crippen molar-refractivity contribution in [3.63, 3.8) is 0 Å². The maximum Gasteiger partial charge on any atom is 0.254 e. The van der Waals surface area contributed by atoms with Gasteiger partial charge in [0.05, 0.1) is 6.61 Å². The van der Waals surface area contributed by atoms with Gasteiger partial charge in [0.15, 0.2) is 0 Å². The largest absolute Gasteiger partial charge is 0.385 e. The number of carbonyl (C=O) groups is 1. The monoisotopic (exact) mass is 276 g/mol. The molecule has 1 aromatic rings. The van der Waals surface area contributed by atoms with Crippen LogP contribution in [0.1, 0.15) is 29.3 Å². The molecule has 0 aliphatic carbocycles. The zero-order valence-corrected chi connectivity index (χ0v) is 12.6. The van der Waals surface area contributed by atoms with Gasteiger partial charge in [-0.2, -0.15) is 0 Å². The molecular formula is C16H24N2O2.